The lowest BCUT2D eigenvalue weighted by molar-refractivity contribution is -0.143. The molecule has 148 valence electrons. The van der Waals surface area contributed by atoms with Gasteiger partial charge >= 0.3 is 12.1 Å². The number of benzene rings is 1. The molecule has 0 bridgehead atoms. The molecule has 1 aromatic carbocycles. The van der Waals surface area contributed by atoms with Crippen LogP contribution in [0.15, 0.2) is 24.3 Å². The number of carboxylic acids is 1. The molecule has 1 amide bonds. The number of carbonyl (C=O) groups is 2. The maximum atomic E-state index is 13.1. The molecule has 0 aromatic heterocycles. The van der Waals surface area contributed by atoms with E-state index in [1.165, 1.54) is 17.0 Å². The van der Waals surface area contributed by atoms with Gasteiger partial charge in [-0.3, -0.25) is 9.59 Å². The van der Waals surface area contributed by atoms with Crippen LogP contribution in [-0.4, -0.2) is 40.5 Å². The Balaban J connectivity index is 1.57. The van der Waals surface area contributed by atoms with Crippen LogP contribution in [0, 0.1) is 5.92 Å². The average molecular weight is 384 g/mol. The summed E-state index contributed by atoms with van der Waals surface area (Å²) in [5.41, 5.74) is -0.609. The number of halogens is 3. The van der Waals surface area contributed by atoms with Gasteiger partial charge in [-0.05, 0) is 37.3 Å². The zero-order chi connectivity index (χ0) is 19.6. The standard InChI is InChI=1S/C19H23F3N2O3/c20-19(21,22)16-4-2-1-3-13(16)10-24-11-15(9-17(24)25)23-14-7-5-12(6-8-14)18(26)27/h1-4,12,14-15,23H,5-11H2,(H,26,27). The molecule has 1 saturated heterocycles. The molecule has 0 radical (unpaired) electrons. The van der Waals surface area contributed by atoms with Crippen molar-refractivity contribution < 1.29 is 27.9 Å². The minimum Gasteiger partial charge on any atom is -0.481 e. The number of aliphatic carboxylic acids is 1. The van der Waals surface area contributed by atoms with E-state index in [2.05, 4.69) is 5.32 Å². The number of nitrogens with zero attached hydrogens (tertiary/aromatic N) is 1. The van der Waals surface area contributed by atoms with E-state index in [9.17, 15) is 22.8 Å². The highest BCUT2D eigenvalue weighted by Gasteiger charge is 2.36. The fraction of sp³-hybridized carbons (Fsp3) is 0.579. The van der Waals surface area contributed by atoms with Gasteiger partial charge in [-0.25, -0.2) is 0 Å². The van der Waals surface area contributed by atoms with E-state index in [0.29, 0.717) is 19.4 Å². The first kappa shape index (κ1) is 19.7. The number of carboxylic acid groups (broad SMARTS) is 1. The summed E-state index contributed by atoms with van der Waals surface area (Å²) in [5, 5.41) is 12.4. The summed E-state index contributed by atoms with van der Waals surface area (Å²) in [6, 6.07) is 5.37. The molecule has 2 N–H and O–H groups in total. The van der Waals surface area contributed by atoms with Crippen molar-refractivity contribution >= 4 is 11.9 Å². The Morgan fingerprint density at radius 2 is 1.81 bits per heavy atom. The second kappa shape index (κ2) is 7.88. The van der Waals surface area contributed by atoms with E-state index in [0.717, 1.165) is 18.9 Å². The fourth-order valence-corrected chi connectivity index (χ4v) is 4.02. The highest BCUT2D eigenvalue weighted by molar-refractivity contribution is 5.79. The summed E-state index contributed by atoms with van der Waals surface area (Å²) < 4.78 is 39.4. The molecule has 5 nitrogen and oxygen atoms in total. The van der Waals surface area contributed by atoms with Gasteiger partial charge in [-0.1, -0.05) is 18.2 Å². The molecule has 3 rings (SSSR count). The molecule has 1 saturated carbocycles. The number of hydrogen-bond donors (Lipinski definition) is 2. The number of amides is 1. The second-order valence-corrected chi connectivity index (χ2v) is 7.38. The SMILES string of the molecule is O=C(O)C1CCC(NC2CC(=O)N(Cc3ccccc3C(F)(F)F)C2)CC1. The monoisotopic (exact) mass is 384 g/mol. The normalized spacial score (nSPS) is 26.4. The predicted octanol–water partition coefficient (Wildman–Crippen LogP) is 3.04. The molecular formula is C19H23F3N2O3. The van der Waals surface area contributed by atoms with Crippen LogP contribution in [0.4, 0.5) is 13.2 Å². The van der Waals surface area contributed by atoms with Crippen molar-refractivity contribution in [2.24, 2.45) is 5.92 Å². The van der Waals surface area contributed by atoms with Crippen molar-refractivity contribution in [1.82, 2.24) is 10.2 Å². The van der Waals surface area contributed by atoms with Gasteiger partial charge < -0.3 is 15.3 Å². The van der Waals surface area contributed by atoms with Crippen molar-refractivity contribution in [2.45, 2.75) is 56.9 Å². The highest BCUT2D eigenvalue weighted by atomic mass is 19.4. The van der Waals surface area contributed by atoms with Gasteiger partial charge in [0.15, 0.2) is 0 Å². The first-order valence-electron chi connectivity index (χ1n) is 9.15. The molecule has 8 heteroatoms. The van der Waals surface area contributed by atoms with Crippen LogP contribution < -0.4 is 5.32 Å². The van der Waals surface area contributed by atoms with Gasteiger partial charge in [0.05, 0.1) is 11.5 Å². The van der Waals surface area contributed by atoms with Crippen LogP contribution in [-0.2, 0) is 22.3 Å². The largest absolute Gasteiger partial charge is 0.481 e. The Bertz CT molecular complexity index is 700. The lowest BCUT2D eigenvalue weighted by atomic mass is 9.86. The first-order valence-corrected chi connectivity index (χ1v) is 9.15. The van der Waals surface area contributed by atoms with Crippen LogP contribution in [0.1, 0.15) is 43.2 Å². The molecule has 2 fully saturated rings. The van der Waals surface area contributed by atoms with Crippen LogP contribution in [0.3, 0.4) is 0 Å². The quantitative estimate of drug-likeness (QED) is 0.819. The third-order valence-electron chi connectivity index (χ3n) is 5.45. The van der Waals surface area contributed by atoms with Gasteiger partial charge in [-0.15, -0.1) is 0 Å². The summed E-state index contributed by atoms with van der Waals surface area (Å²) in [6.07, 6.45) is -1.50. The third kappa shape index (κ3) is 4.80. The van der Waals surface area contributed by atoms with E-state index < -0.39 is 17.7 Å². The molecule has 1 aliphatic carbocycles. The van der Waals surface area contributed by atoms with Crippen molar-refractivity contribution in [3.05, 3.63) is 35.4 Å². The van der Waals surface area contributed by atoms with Gasteiger partial charge in [0.25, 0.3) is 0 Å². The number of hydrogen-bond acceptors (Lipinski definition) is 3. The van der Waals surface area contributed by atoms with E-state index in [1.807, 2.05) is 0 Å². The second-order valence-electron chi connectivity index (χ2n) is 7.38. The lowest BCUT2D eigenvalue weighted by Gasteiger charge is -2.29. The smallest absolute Gasteiger partial charge is 0.416 e. The molecule has 0 spiro atoms. The minimum atomic E-state index is -4.44. The minimum absolute atomic E-state index is 0.0571. The summed E-state index contributed by atoms with van der Waals surface area (Å²) in [7, 11) is 0. The number of carbonyl (C=O) groups excluding carboxylic acids is 1. The molecule has 2 aliphatic rings. The first-order chi connectivity index (χ1) is 12.7. The van der Waals surface area contributed by atoms with Crippen molar-refractivity contribution in [1.29, 1.82) is 0 Å². The van der Waals surface area contributed by atoms with E-state index in [1.54, 1.807) is 6.07 Å². The molecule has 1 unspecified atom stereocenters. The Kier molecular flexibility index (Phi) is 5.74. The van der Waals surface area contributed by atoms with Gasteiger partial charge in [0.2, 0.25) is 5.91 Å². The molecule has 1 atom stereocenters. The lowest BCUT2D eigenvalue weighted by Crippen LogP contribution is -2.42. The van der Waals surface area contributed by atoms with Crippen molar-refractivity contribution in [2.75, 3.05) is 6.54 Å². The number of rotatable bonds is 5. The number of likely N-dealkylation sites (tertiary alicyclic amines) is 1. The van der Waals surface area contributed by atoms with Gasteiger partial charge in [0, 0.05) is 31.6 Å². The molecule has 1 aromatic rings. The van der Waals surface area contributed by atoms with E-state index in [4.69, 9.17) is 5.11 Å². The van der Waals surface area contributed by atoms with Crippen LogP contribution >= 0.6 is 0 Å². The summed E-state index contributed by atoms with van der Waals surface area (Å²) in [4.78, 5) is 24.7. The molecular weight excluding hydrogens is 361 g/mol. The number of alkyl halides is 3. The molecule has 1 heterocycles. The summed E-state index contributed by atoms with van der Waals surface area (Å²) in [6.45, 7) is 0.308. The summed E-state index contributed by atoms with van der Waals surface area (Å²) >= 11 is 0. The zero-order valence-electron chi connectivity index (χ0n) is 14.8. The maximum Gasteiger partial charge on any atom is 0.416 e. The van der Waals surface area contributed by atoms with E-state index in [-0.39, 0.29) is 42.4 Å². The zero-order valence-corrected chi connectivity index (χ0v) is 14.8. The molecule has 1 aliphatic heterocycles. The highest BCUT2D eigenvalue weighted by Crippen LogP contribution is 2.33. The van der Waals surface area contributed by atoms with Crippen LogP contribution in [0.2, 0.25) is 0 Å². The Hall–Kier alpha value is -2.09. The Labute approximate surface area is 155 Å². The average Bonchev–Trinajstić information content (AvgIpc) is 2.94. The summed E-state index contributed by atoms with van der Waals surface area (Å²) in [5.74, 6) is -1.23. The topological polar surface area (TPSA) is 69.6 Å². The fourth-order valence-electron chi connectivity index (χ4n) is 4.02. The van der Waals surface area contributed by atoms with Gasteiger partial charge in [-0.2, -0.15) is 13.2 Å². The van der Waals surface area contributed by atoms with Crippen LogP contribution in [0.5, 0.6) is 0 Å². The van der Waals surface area contributed by atoms with Crippen LogP contribution in [0.25, 0.3) is 0 Å². The maximum absolute atomic E-state index is 13.1. The Morgan fingerprint density at radius 1 is 1.15 bits per heavy atom. The van der Waals surface area contributed by atoms with Crippen molar-refractivity contribution in [3.63, 3.8) is 0 Å². The molecule has 27 heavy (non-hydrogen) atoms. The third-order valence-corrected chi connectivity index (χ3v) is 5.45. The Morgan fingerprint density at radius 3 is 2.44 bits per heavy atom. The predicted molar refractivity (Wildman–Crippen MR) is 91.8 cm³/mol. The van der Waals surface area contributed by atoms with Crippen molar-refractivity contribution in [3.8, 4) is 0 Å². The van der Waals surface area contributed by atoms with E-state index >= 15 is 0 Å². The number of nitrogens with one attached hydrogen (secondary N) is 1. The van der Waals surface area contributed by atoms with Gasteiger partial charge in [0.1, 0.15) is 0 Å².